The quantitative estimate of drug-likeness (QED) is 0.600. The Balaban J connectivity index is 0. The summed E-state index contributed by atoms with van der Waals surface area (Å²) in [6.45, 7) is 3.67. The van der Waals surface area contributed by atoms with Crippen LogP contribution in [0.1, 0.15) is 51.9 Å². The van der Waals surface area contributed by atoms with Crippen molar-refractivity contribution in [3.63, 3.8) is 0 Å². The Kier molecular flexibility index (Phi) is 18.7. The van der Waals surface area contributed by atoms with Crippen molar-refractivity contribution in [2.24, 2.45) is 5.73 Å². The van der Waals surface area contributed by atoms with E-state index in [1.54, 1.807) is 7.11 Å². The van der Waals surface area contributed by atoms with Crippen molar-refractivity contribution in [3.05, 3.63) is 0 Å². The summed E-state index contributed by atoms with van der Waals surface area (Å²) in [6.07, 6.45) is 6.85. The number of unbranched alkanes of at least 4 members (excludes halogenated alkanes) is 4. The fourth-order valence-electron chi connectivity index (χ4n) is 1.11. The highest BCUT2D eigenvalue weighted by Crippen LogP contribution is 2.04. The number of ether oxygens (including phenoxy) is 1. The van der Waals surface area contributed by atoms with E-state index in [1.807, 2.05) is 0 Å². The Bertz CT molecular complexity index is 136. The van der Waals surface area contributed by atoms with Crippen molar-refractivity contribution in [2.45, 2.75) is 51.9 Å². The monoisotopic (exact) mass is 233 g/mol. The third-order valence-corrected chi connectivity index (χ3v) is 2.05. The van der Waals surface area contributed by atoms with Crippen molar-refractivity contribution < 1.29 is 14.6 Å². The molecule has 0 radical (unpaired) electrons. The number of methoxy groups -OCH3 is 1. The summed E-state index contributed by atoms with van der Waals surface area (Å²) < 4.78 is 4.70. The molecule has 0 spiro atoms. The van der Waals surface area contributed by atoms with Gasteiger partial charge in [-0.2, -0.15) is 0 Å². The summed E-state index contributed by atoms with van der Waals surface area (Å²) in [5, 5.41) is 8.27. The first-order valence-electron chi connectivity index (χ1n) is 6.09. The second kappa shape index (κ2) is 16.8. The van der Waals surface area contributed by atoms with Gasteiger partial charge in [0.25, 0.3) is 0 Å². The molecule has 0 amide bonds. The molecule has 0 aliphatic heterocycles. The molecule has 4 heteroatoms. The molecule has 0 saturated carbocycles. The van der Waals surface area contributed by atoms with Gasteiger partial charge in [0.05, 0.1) is 0 Å². The fourth-order valence-corrected chi connectivity index (χ4v) is 1.11. The second-order valence-electron chi connectivity index (χ2n) is 3.69. The van der Waals surface area contributed by atoms with E-state index >= 15 is 0 Å². The fraction of sp³-hybridized carbons (Fsp3) is 0.917. The van der Waals surface area contributed by atoms with E-state index in [0.29, 0.717) is 6.42 Å². The van der Waals surface area contributed by atoms with Crippen LogP contribution in [0.3, 0.4) is 0 Å². The van der Waals surface area contributed by atoms with Crippen molar-refractivity contribution in [1.29, 1.82) is 0 Å². The molecule has 0 aliphatic carbocycles. The lowest BCUT2D eigenvalue weighted by atomic mass is 10.1. The minimum Gasteiger partial charge on any atom is -0.481 e. The number of nitrogens with two attached hydrogens (primary N) is 1. The van der Waals surface area contributed by atoms with Crippen molar-refractivity contribution >= 4 is 5.97 Å². The molecular weight excluding hydrogens is 206 g/mol. The lowest BCUT2D eigenvalue weighted by molar-refractivity contribution is -0.137. The Morgan fingerprint density at radius 1 is 1.19 bits per heavy atom. The first kappa shape index (κ1) is 17.8. The predicted octanol–water partition coefficient (Wildman–Crippen LogP) is 2.41. The molecule has 0 bridgehead atoms. The molecule has 0 rings (SSSR count). The standard InChI is InChI=1S/C8H16O2.C4H11NO/c1-2-3-4-5-6-7-8(9)10;1-6-4-2-3-5/h2-7H2,1H3,(H,9,10);2-5H2,1H3. The first-order chi connectivity index (χ1) is 7.68. The highest BCUT2D eigenvalue weighted by Gasteiger charge is 1.94. The van der Waals surface area contributed by atoms with E-state index in [1.165, 1.54) is 19.3 Å². The van der Waals surface area contributed by atoms with Gasteiger partial charge in [-0.3, -0.25) is 4.79 Å². The van der Waals surface area contributed by atoms with Gasteiger partial charge in [-0.15, -0.1) is 0 Å². The van der Waals surface area contributed by atoms with E-state index in [4.69, 9.17) is 15.6 Å². The van der Waals surface area contributed by atoms with Crippen LogP contribution < -0.4 is 5.73 Å². The molecule has 98 valence electrons. The van der Waals surface area contributed by atoms with Gasteiger partial charge in [0.15, 0.2) is 0 Å². The van der Waals surface area contributed by atoms with Crippen LogP contribution in [0.25, 0.3) is 0 Å². The number of hydrogen-bond donors (Lipinski definition) is 2. The minimum atomic E-state index is -0.670. The minimum absolute atomic E-state index is 0.337. The van der Waals surface area contributed by atoms with Crippen LogP contribution in [-0.2, 0) is 9.53 Å². The first-order valence-corrected chi connectivity index (χ1v) is 6.09. The van der Waals surface area contributed by atoms with Gasteiger partial charge in [0.1, 0.15) is 0 Å². The molecular formula is C12H27NO3. The SMILES string of the molecule is CCCCCCCC(=O)O.COCCCN. The van der Waals surface area contributed by atoms with E-state index in [0.717, 1.165) is 32.4 Å². The Morgan fingerprint density at radius 2 is 1.81 bits per heavy atom. The normalized spacial score (nSPS) is 9.44. The molecule has 3 N–H and O–H groups in total. The van der Waals surface area contributed by atoms with Crippen LogP contribution in [0.2, 0.25) is 0 Å². The van der Waals surface area contributed by atoms with Crippen molar-refractivity contribution in [2.75, 3.05) is 20.3 Å². The summed E-state index contributed by atoms with van der Waals surface area (Å²) >= 11 is 0. The van der Waals surface area contributed by atoms with Crippen LogP contribution >= 0.6 is 0 Å². The number of rotatable bonds is 9. The molecule has 0 aromatic carbocycles. The van der Waals surface area contributed by atoms with Gasteiger partial charge in [0.2, 0.25) is 0 Å². The highest BCUT2D eigenvalue weighted by atomic mass is 16.5. The maximum atomic E-state index is 10.0. The molecule has 0 unspecified atom stereocenters. The Hall–Kier alpha value is -0.610. The zero-order valence-corrected chi connectivity index (χ0v) is 10.7. The summed E-state index contributed by atoms with van der Waals surface area (Å²) in [7, 11) is 1.68. The Labute approximate surface area is 99.2 Å². The molecule has 0 atom stereocenters. The summed E-state index contributed by atoms with van der Waals surface area (Å²) in [6, 6.07) is 0. The van der Waals surface area contributed by atoms with E-state index in [2.05, 4.69) is 6.92 Å². The summed E-state index contributed by atoms with van der Waals surface area (Å²) in [4.78, 5) is 10.0. The summed E-state index contributed by atoms with van der Waals surface area (Å²) in [5.41, 5.74) is 5.13. The van der Waals surface area contributed by atoms with E-state index < -0.39 is 5.97 Å². The molecule has 4 nitrogen and oxygen atoms in total. The number of hydrogen-bond acceptors (Lipinski definition) is 3. The lowest BCUT2D eigenvalue weighted by Gasteiger charge is -1.95. The summed E-state index contributed by atoms with van der Waals surface area (Å²) in [5.74, 6) is -0.670. The smallest absolute Gasteiger partial charge is 0.303 e. The van der Waals surface area contributed by atoms with Gasteiger partial charge in [0, 0.05) is 20.1 Å². The van der Waals surface area contributed by atoms with Crippen molar-refractivity contribution in [3.8, 4) is 0 Å². The van der Waals surface area contributed by atoms with Crippen LogP contribution in [0.5, 0.6) is 0 Å². The number of carbonyl (C=O) groups is 1. The van der Waals surface area contributed by atoms with Gasteiger partial charge >= 0.3 is 5.97 Å². The van der Waals surface area contributed by atoms with Crippen LogP contribution in [0, 0.1) is 0 Å². The largest absolute Gasteiger partial charge is 0.481 e. The van der Waals surface area contributed by atoms with Crippen molar-refractivity contribution in [1.82, 2.24) is 0 Å². The molecule has 0 saturated heterocycles. The second-order valence-corrected chi connectivity index (χ2v) is 3.69. The third-order valence-electron chi connectivity index (χ3n) is 2.05. The topological polar surface area (TPSA) is 72.5 Å². The molecule has 0 aromatic rings. The number of carboxylic acids is 1. The van der Waals surface area contributed by atoms with E-state index in [9.17, 15) is 4.79 Å². The average molecular weight is 233 g/mol. The number of aliphatic carboxylic acids is 1. The number of carboxylic acid groups (broad SMARTS) is 1. The maximum absolute atomic E-state index is 10.0. The zero-order chi connectivity index (χ0) is 12.6. The average Bonchev–Trinajstić information content (AvgIpc) is 2.26. The van der Waals surface area contributed by atoms with Gasteiger partial charge in [-0.25, -0.2) is 0 Å². The predicted molar refractivity (Wildman–Crippen MR) is 66.6 cm³/mol. The van der Waals surface area contributed by atoms with Crippen LogP contribution in [0.4, 0.5) is 0 Å². The molecule has 0 heterocycles. The third kappa shape index (κ3) is 23.3. The van der Waals surface area contributed by atoms with Crippen LogP contribution in [0.15, 0.2) is 0 Å². The molecule has 16 heavy (non-hydrogen) atoms. The molecule has 0 aliphatic rings. The van der Waals surface area contributed by atoms with E-state index in [-0.39, 0.29) is 0 Å². The van der Waals surface area contributed by atoms with Gasteiger partial charge in [-0.05, 0) is 19.4 Å². The zero-order valence-electron chi connectivity index (χ0n) is 10.7. The highest BCUT2D eigenvalue weighted by molar-refractivity contribution is 5.66. The Morgan fingerprint density at radius 3 is 2.19 bits per heavy atom. The van der Waals surface area contributed by atoms with Gasteiger partial charge < -0.3 is 15.6 Å². The van der Waals surface area contributed by atoms with Gasteiger partial charge in [-0.1, -0.05) is 32.6 Å². The molecule has 0 aromatic heterocycles. The lowest BCUT2D eigenvalue weighted by Crippen LogP contribution is -2.01. The van der Waals surface area contributed by atoms with Crippen LogP contribution in [-0.4, -0.2) is 31.3 Å². The maximum Gasteiger partial charge on any atom is 0.303 e. The molecule has 0 fully saturated rings.